The van der Waals surface area contributed by atoms with Crippen LogP contribution in [0, 0.1) is 27.7 Å². The van der Waals surface area contributed by atoms with Crippen LogP contribution in [-0.4, -0.2) is 4.21 Å². The molecule has 2 aromatic carbocycles. The molecule has 0 spiro atoms. The molecule has 0 aliphatic carbocycles. The van der Waals surface area contributed by atoms with Crippen LogP contribution in [-0.2, 0) is 18.9 Å². The van der Waals surface area contributed by atoms with Crippen molar-refractivity contribution in [2.75, 3.05) is 0 Å². The van der Waals surface area contributed by atoms with Crippen LogP contribution in [0.15, 0.2) is 36.4 Å². The molecule has 0 aliphatic rings. The standard InChI is InChI=1S/2C7H9.CH2.2ClH.Zr/c2*1-6-4-3-5-7(6)2;;;;/h2*3-5H,1-2H3;1H2;2*1H;/q2*-1;;;;+2/p-2. The molecule has 2 rings (SSSR count). The fraction of sp³-hybridized carbons (Fsp3) is 0.267. The van der Waals surface area contributed by atoms with Crippen molar-refractivity contribution in [1.29, 1.82) is 0 Å². The van der Waals surface area contributed by atoms with E-state index in [1.54, 1.807) is 0 Å². The Kier molecular flexibility index (Phi) is 9.92. The van der Waals surface area contributed by atoms with Crippen molar-refractivity contribution in [2.45, 2.75) is 27.7 Å². The molecule has 18 heavy (non-hydrogen) atoms. The van der Waals surface area contributed by atoms with Crippen LogP contribution in [0.2, 0.25) is 0 Å². The molecular weight excluding hydrogens is 342 g/mol. The van der Waals surface area contributed by atoms with Crippen molar-refractivity contribution in [3.63, 3.8) is 0 Å². The molecule has 0 nitrogen and oxygen atoms in total. The zero-order valence-electron chi connectivity index (χ0n) is 11.4. The first kappa shape index (κ1) is 18.0. The van der Waals surface area contributed by atoms with Gasteiger partial charge >= 0.3 is 40.1 Å². The molecule has 0 amide bonds. The summed E-state index contributed by atoms with van der Waals surface area (Å²) in [5.74, 6) is 0. The summed E-state index contributed by atoms with van der Waals surface area (Å²) in [4.78, 5) is 0. The first-order valence-electron chi connectivity index (χ1n) is 5.72. The molecule has 2 aromatic rings. The summed E-state index contributed by atoms with van der Waals surface area (Å²) >= 11 is -1.85. The van der Waals surface area contributed by atoms with Crippen LogP contribution in [0.5, 0.6) is 0 Å². The maximum absolute atomic E-state index is 5.13. The minimum absolute atomic E-state index is 1.39. The maximum atomic E-state index is 5.13. The molecule has 0 saturated heterocycles. The van der Waals surface area contributed by atoms with Gasteiger partial charge in [-0.05, 0) is 0 Å². The summed E-state index contributed by atoms with van der Waals surface area (Å²) in [7, 11) is 10.3. The van der Waals surface area contributed by atoms with Gasteiger partial charge in [0.2, 0.25) is 0 Å². The zero-order valence-corrected chi connectivity index (χ0v) is 15.4. The quantitative estimate of drug-likeness (QED) is 0.551. The van der Waals surface area contributed by atoms with Gasteiger partial charge in [-0.25, -0.2) is 12.1 Å². The Balaban J connectivity index is 0.000000253. The molecule has 0 fully saturated rings. The molecule has 0 heterocycles. The normalized spacial score (nSPS) is 8.78. The van der Waals surface area contributed by atoms with Gasteiger partial charge in [0.05, 0.1) is 0 Å². The summed E-state index contributed by atoms with van der Waals surface area (Å²) in [6, 6.07) is 12.6. The molecule has 100 valence electrons. The second-order valence-corrected chi connectivity index (χ2v) is 12.3. The number of hydrogen-bond acceptors (Lipinski definition) is 0. The Morgan fingerprint density at radius 3 is 1.22 bits per heavy atom. The van der Waals surface area contributed by atoms with Crippen molar-refractivity contribution < 1.29 is 18.9 Å². The molecule has 0 radical (unpaired) electrons. The predicted molar refractivity (Wildman–Crippen MR) is 81.8 cm³/mol. The fourth-order valence-corrected chi connectivity index (χ4v) is 1.20. The van der Waals surface area contributed by atoms with Gasteiger partial charge in [-0.3, -0.25) is 0 Å². The van der Waals surface area contributed by atoms with Gasteiger partial charge in [0.15, 0.2) is 0 Å². The van der Waals surface area contributed by atoms with Crippen LogP contribution >= 0.6 is 17.0 Å². The van der Waals surface area contributed by atoms with Crippen molar-refractivity contribution in [3.8, 4) is 0 Å². The predicted octanol–water partition coefficient (Wildman–Crippen LogP) is 5.39. The van der Waals surface area contributed by atoms with E-state index in [-0.39, 0.29) is 0 Å². The first-order chi connectivity index (χ1) is 8.34. The molecule has 0 aliphatic heterocycles. The van der Waals surface area contributed by atoms with Crippen LogP contribution in [0.25, 0.3) is 0 Å². The fourth-order valence-electron chi connectivity index (χ4n) is 1.20. The number of hydrogen-bond donors (Lipinski definition) is 0. The second kappa shape index (κ2) is 9.90. The average molecular weight is 362 g/mol. The average Bonchev–Trinajstić information content (AvgIpc) is 2.79. The van der Waals surface area contributed by atoms with Crippen molar-refractivity contribution in [1.82, 2.24) is 0 Å². The molecule has 0 saturated carbocycles. The van der Waals surface area contributed by atoms with E-state index in [2.05, 4.69) is 68.3 Å². The van der Waals surface area contributed by atoms with Crippen LogP contribution in [0.4, 0.5) is 0 Å². The Labute approximate surface area is 126 Å². The van der Waals surface area contributed by atoms with Gasteiger partial charge in [0.1, 0.15) is 0 Å². The van der Waals surface area contributed by atoms with Crippen LogP contribution < -0.4 is 0 Å². The van der Waals surface area contributed by atoms with Crippen LogP contribution in [0.3, 0.4) is 0 Å². The van der Waals surface area contributed by atoms with E-state index in [0.717, 1.165) is 0 Å². The Morgan fingerprint density at radius 2 is 1.17 bits per heavy atom. The van der Waals surface area contributed by atoms with Gasteiger partial charge in [0.25, 0.3) is 0 Å². The molecule has 3 heteroatoms. The third-order valence-corrected chi connectivity index (χ3v) is 2.63. The van der Waals surface area contributed by atoms with E-state index in [1.807, 2.05) is 0 Å². The third-order valence-electron chi connectivity index (χ3n) is 2.63. The van der Waals surface area contributed by atoms with Crippen molar-refractivity contribution in [3.05, 3.63) is 58.7 Å². The number of aryl methyl sites for hydroxylation is 4. The molecule has 0 aromatic heterocycles. The second-order valence-electron chi connectivity index (χ2n) is 4.12. The van der Waals surface area contributed by atoms with E-state index in [9.17, 15) is 0 Å². The summed E-state index contributed by atoms with van der Waals surface area (Å²) < 4.78 is 3.37. The summed E-state index contributed by atoms with van der Waals surface area (Å²) in [5, 5.41) is 0. The van der Waals surface area contributed by atoms with E-state index in [4.69, 9.17) is 17.0 Å². The van der Waals surface area contributed by atoms with Crippen LogP contribution in [0.1, 0.15) is 22.3 Å². The van der Waals surface area contributed by atoms with Gasteiger partial charge in [-0.1, -0.05) is 27.7 Å². The zero-order chi connectivity index (χ0) is 14.1. The number of rotatable bonds is 0. The van der Waals surface area contributed by atoms with Gasteiger partial charge in [-0.2, -0.15) is 46.5 Å². The molecular formula is C15H20Cl2Zr-2. The van der Waals surface area contributed by atoms with Crippen molar-refractivity contribution >= 4 is 21.2 Å². The summed E-state index contributed by atoms with van der Waals surface area (Å²) in [5.41, 5.74) is 5.56. The van der Waals surface area contributed by atoms with E-state index < -0.39 is 18.9 Å². The van der Waals surface area contributed by atoms with E-state index >= 15 is 0 Å². The van der Waals surface area contributed by atoms with Gasteiger partial charge < -0.3 is 0 Å². The summed E-state index contributed by atoms with van der Waals surface area (Å²) in [6.07, 6.45) is 0. The topological polar surface area (TPSA) is 0 Å². The van der Waals surface area contributed by atoms with E-state index in [1.165, 1.54) is 22.3 Å². The molecule has 0 atom stereocenters. The number of halogens is 2. The SMILES string of the molecule is Cc1cc[cH-]c1C.Cc1cc[cH-]c1C.[CH2]=[Zr]([Cl])[Cl]. The monoisotopic (exact) mass is 360 g/mol. The van der Waals surface area contributed by atoms with Gasteiger partial charge in [0, 0.05) is 0 Å². The van der Waals surface area contributed by atoms with Crippen molar-refractivity contribution in [2.24, 2.45) is 0 Å². The first-order valence-corrected chi connectivity index (χ1v) is 13.8. The summed E-state index contributed by atoms with van der Waals surface area (Å²) in [6.45, 7) is 8.48. The minimum atomic E-state index is -1.85. The Morgan fingerprint density at radius 1 is 0.889 bits per heavy atom. The Bertz CT molecular complexity index is 391. The molecule has 0 unspecified atom stereocenters. The third kappa shape index (κ3) is 9.03. The van der Waals surface area contributed by atoms with Gasteiger partial charge in [-0.15, -0.1) is 0 Å². The molecule has 0 N–H and O–H groups in total. The van der Waals surface area contributed by atoms with E-state index in [0.29, 0.717) is 0 Å². The molecule has 0 bridgehead atoms. The Hall–Kier alpha value is 0.0331.